The zero-order valence-electron chi connectivity index (χ0n) is 12.7. The molecule has 0 radical (unpaired) electrons. The van der Waals surface area contributed by atoms with Crippen LogP contribution in [0.2, 0.25) is 0 Å². The summed E-state index contributed by atoms with van der Waals surface area (Å²) in [5, 5.41) is 2.90. The zero-order valence-corrected chi connectivity index (χ0v) is 12.7. The van der Waals surface area contributed by atoms with Gasteiger partial charge in [0, 0.05) is 24.5 Å². The van der Waals surface area contributed by atoms with Crippen molar-refractivity contribution in [2.24, 2.45) is 0 Å². The molecule has 1 N–H and O–H groups in total. The molecule has 110 valence electrons. The highest BCUT2D eigenvalue weighted by Crippen LogP contribution is 2.15. The molecule has 21 heavy (non-hydrogen) atoms. The van der Waals surface area contributed by atoms with E-state index in [1.54, 1.807) is 0 Å². The number of nitrogens with one attached hydrogen (secondary N) is 1. The van der Waals surface area contributed by atoms with Gasteiger partial charge in [0.05, 0.1) is 6.42 Å². The fourth-order valence-electron chi connectivity index (χ4n) is 2.33. The summed E-state index contributed by atoms with van der Waals surface area (Å²) in [5.74, 6) is 0.0109. The van der Waals surface area contributed by atoms with Crippen LogP contribution in [0.5, 0.6) is 0 Å². The van der Waals surface area contributed by atoms with E-state index in [-0.39, 0.29) is 5.91 Å². The maximum atomic E-state index is 12.0. The second kappa shape index (κ2) is 7.48. The first-order chi connectivity index (χ1) is 10.2. The van der Waals surface area contributed by atoms with Gasteiger partial charge < -0.3 is 10.2 Å². The van der Waals surface area contributed by atoms with Gasteiger partial charge in [-0.3, -0.25) is 4.79 Å². The Labute approximate surface area is 126 Å². The van der Waals surface area contributed by atoms with Crippen molar-refractivity contribution in [3.05, 3.63) is 60.2 Å². The van der Waals surface area contributed by atoms with Gasteiger partial charge in [0.15, 0.2) is 0 Å². The molecule has 0 aliphatic heterocycles. The molecule has 2 aromatic carbocycles. The molecule has 0 aliphatic rings. The van der Waals surface area contributed by atoms with Gasteiger partial charge >= 0.3 is 0 Å². The van der Waals surface area contributed by atoms with E-state index in [0.29, 0.717) is 6.42 Å². The fraction of sp³-hybridized carbons (Fsp3) is 0.278. The summed E-state index contributed by atoms with van der Waals surface area (Å²) in [6.45, 7) is 6.27. The molecular formula is C18H22N2O. The van der Waals surface area contributed by atoms with Gasteiger partial charge in [-0.2, -0.15) is 0 Å². The number of rotatable bonds is 6. The molecule has 0 unspecified atom stereocenters. The smallest absolute Gasteiger partial charge is 0.228 e. The van der Waals surface area contributed by atoms with Gasteiger partial charge in [0.1, 0.15) is 0 Å². The first kappa shape index (κ1) is 15.1. The maximum Gasteiger partial charge on any atom is 0.228 e. The monoisotopic (exact) mass is 282 g/mol. The van der Waals surface area contributed by atoms with E-state index >= 15 is 0 Å². The summed E-state index contributed by atoms with van der Waals surface area (Å²) in [5.41, 5.74) is 3.06. The van der Waals surface area contributed by atoms with Crippen LogP contribution in [-0.4, -0.2) is 19.0 Å². The molecule has 0 aliphatic carbocycles. The zero-order chi connectivity index (χ0) is 15.1. The van der Waals surface area contributed by atoms with Crippen LogP contribution in [0.15, 0.2) is 54.6 Å². The lowest BCUT2D eigenvalue weighted by molar-refractivity contribution is -0.115. The third kappa shape index (κ3) is 4.35. The number of hydrogen-bond acceptors (Lipinski definition) is 2. The predicted octanol–water partition coefficient (Wildman–Crippen LogP) is 3.71. The minimum Gasteiger partial charge on any atom is -0.372 e. The fourth-order valence-corrected chi connectivity index (χ4v) is 2.33. The maximum absolute atomic E-state index is 12.0. The molecule has 3 nitrogen and oxygen atoms in total. The number of benzene rings is 2. The Bertz CT molecular complexity index is 560. The van der Waals surface area contributed by atoms with Crippen molar-refractivity contribution in [2.75, 3.05) is 23.3 Å². The van der Waals surface area contributed by atoms with Gasteiger partial charge in [-0.25, -0.2) is 0 Å². The molecule has 0 fully saturated rings. The first-order valence-corrected chi connectivity index (χ1v) is 7.41. The van der Waals surface area contributed by atoms with Crippen molar-refractivity contribution in [2.45, 2.75) is 20.3 Å². The molecule has 0 heterocycles. The third-order valence-electron chi connectivity index (χ3n) is 3.49. The Balaban J connectivity index is 1.95. The summed E-state index contributed by atoms with van der Waals surface area (Å²) in [7, 11) is 0. The van der Waals surface area contributed by atoms with E-state index in [1.165, 1.54) is 5.69 Å². The van der Waals surface area contributed by atoms with E-state index in [2.05, 4.69) is 36.2 Å². The molecular weight excluding hydrogens is 260 g/mol. The minimum atomic E-state index is 0.0109. The Morgan fingerprint density at radius 1 is 0.952 bits per heavy atom. The summed E-state index contributed by atoms with van der Waals surface area (Å²) in [4.78, 5) is 14.3. The standard InChI is InChI=1S/C18H22N2O/c1-3-20(4-2)17-12-10-15(11-13-17)14-18(21)19-16-8-6-5-7-9-16/h5-13H,3-4,14H2,1-2H3,(H,19,21). The number of anilines is 2. The molecule has 0 bridgehead atoms. The molecule has 0 saturated heterocycles. The molecule has 1 amide bonds. The highest BCUT2D eigenvalue weighted by atomic mass is 16.1. The Morgan fingerprint density at radius 3 is 2.14 bits per heavy atom. The SMILES string of the molecule is CCN(CC)c1ccc(CC(=O)Nc2ccccc2)cc1. The lowest BCUT2D eigenvalue weighted by Crippen LogP contribution is -2.21. The van der Waals surface area contributed by atoms with Crippen LogP contribution in [0.4, 0.5) is 11.4 Å². The minimum absolute atomic E-state index is 0.0109. The summed E-state index contributed by atoms with van der Waals surface area (Å²) in [6, 6.07) is 17.8. The summed E-state index contributed by atoms with van der Waals surface area (Å²) < 4.78 is 0. The van der Waals surface area contributed by atoms with Gasteiger partial charge in [-0.1, -0.05) is 30.3 Å². The summed E-state index contributed by atoms with van der Waals surface area (Å²) in [6.07, 6.45) is 0.396. The van der Waals surface area contributed by atoms with E-state index in [9.17, 15) is 4.79 Å². The van der Waals surface area contributed by atoms with Crippen LogP contribution in [0.3, 0.4) is 0 Å². The molecule has 0 spiro atoms. The van der Waals surface area contributed by atoms with Crippen molar-refractivity contribution >= 4 is 17.3 Å². The van der Waals surface area contributed by atoms with Crippen LogP contribution < -0.4 is 10.2 Å². The predicted molar refractivity (Wildman–Crippen MR) is 88.8 cm³/mol. The highest BCUT2D eigenvalue weighted by Gasteiger charge is 2.05. The van der Waals surface area contributed by atoms with Crippen molar-refractivity contribution in [1.29, 1.82) is 0 Å². The van der Waals surface area contributed by atoms with E-state index in [1.807, 2.05) is 42.5 Å². The highest BCUT2D eigenvalue weighted by molar-refractivity contribution is 5.92. The van der Waals surface area contributed by atoms with Gasteiger partial charge in [-0.15, -0.1) is 0 Å². The van der Waals surface area contributed by atoms with Crippen molar-refractivity contribution in [1.82, 2.24) is 0 Å². The lowest BCUT2D eigenvalue weighted by atomic mass is 10.1. The molecule has 2 rings (SSSR count). The van der Waals surface area contributed by atoms with Crippen LogP contribution in [0.25, 0.3) is 0 Å². The average Bonchev–Trinajstić information content (AvgIpc) is 2.51. The largest absolute Gasteiger partial charge is 0.372 e. The number of carbonyl (C=O) groups is 1. The van der Waals surface area contributed by atoms with Gasteiger partial charge in [0.2, 0.25) is 5.91 Å². The van der Waals surface area contributed by atoms with Crippen LogP contribution in [0.1, 0.15) is 19.4 Å². The van der Waals surface area contributed by atoms with Crippen molar-refractivity contribution in [3.8, 4) is 0 Å². The average molecular weight is 282 g/mol. The van der Waals surface area contributed by atoms with E-state index < -0.39 is 0 Å². The molecule has 2 aromatic rings. The molecule has 0 atom stereocenters. The molecule has 0 saturated carbocycles. The van der Waals surface area contributed by atoms with Crippen LogP contribution >= 0.6 is 0 Å². The second-order valence-electron chi connectivity index (χ2n) is 4.93. The second-order valence-corrected chi connectivity index (χ2v) is 4.93. The Hall–Kier alpha value is -2.29. The van der Waals surface area contributed by atoms with E-state index in [4.69, 9.17) is 0 Å². The summed E-state index contributed by atoms with van der Waals surface area (Å²) >= 11 is 0. The number of nitrogens with zero attached hydrogens (tertiary/aromatic N) is 1. The normalized spacial score (nSPS) is 10.2. The van der Waals surface area contributed by atoms with Gasteiger partial charge in [-0.05, 0) is 43.7 Å². The molecule has 0 aromatic heterocycles. The van der Waals surface area contributed by atoms with Crippen LogP contribution in [0, 0.1) is 0 Å². The molecule has 3 heteroatoms. The lowest BCUT2D eigenvalue weighted by Gasteiger charge is -2.21. The topological polar surface area (TPSA) is 32.3 Å². The number of carbonyl (C=O) groups excluding carboxylic acids is 1. The Kier molecular flexibility index (Phi) is 5.38. The number of hydrogen-bond donors (Lipinski definition) is 1. The van der Waals surface area contributed by atoms with Crippen LogP contribution in [-0.2, 0) is 11.2 Å². The number of amides is 1. The van der Waals surface area contributed by atoms with Crippen molar-refractivity contribution in [3.63, 3.8) is 0 Å². The van der Waals surface area contributed by atoms with E-state index in [0.717, 1.165) is 24.3 Å². The first-order valence-electron chi connectivity index (χ1n) is 7.41. The number of para-hydroxylation sites is 1. The quantitative estimate of drug-likeness (QED) is 0.876. The van der Waals surface area contributed by atoms with Crippen molar-refractivity contribution < 1.29 is 4.79 Å². The van der Waals surface area contributed by atoms with Gasteiger partial charge in [0.25, 0.3) is 0 Å². The third-order valence-corrected chi connectivity index (χ3v) is 3.49. The Morgan fingerprint density at radius 2 is 1.57 bits per heavy atom.